The SMILES string of the molecule is Cn1ccnc1SCc1ccc(C(=O)NC2CCOc3ccccc32)o1. The number of hydrogen-bond acceptors (Lipinski definition) is 5. The predicted octanol–water partition coefficient (Wildman–Crippen LogP) is 3.56. The lowest BCUT2D eigenvalue weighted by Gasteiger charge is -2.26. The van der Waals surface area contributed by atoms with Crippen molar-refractivity contribution in [2.45, 2.75) is 23.4 Å². The minimum Gasteiger partial charge on any atom is -0.493 e. The highest BCUT2D eigenvalue weighted by Crippen LogP contribution is 2.31. The molecule has 3 aromatic rings. The first-order chi connectivity index (χ1) is 12.7. The molecule has 7 heteroatoms. The Morgan fingerprint density at radius 2 is 2.23 bits per heavy atom. The second kappa shape index (κ2) is 7.29. The van der Waals surface area contributed by atoms with Gasteiger partial charge >= 0.3 is 0 Å². The number of para-hydroxylation sites is 1. The number of aryl methyl sites for hydroxylation is 1. The van der Waals surface area contributed by atoms with E-state index in [1.807, 2.05) is 48.1 Å². The average molecular weight is 369 g/mol. The summed E-state index contributed by atoms with van der Waals surface area (Å²) in [6.45, 7) is 0.589. The number of rotatable bonds is 5. The molecule has 1 aliphatic heterocycles. The van der Waals surface area contributed by atoms with E-state index in [9.17, 15) is 4.79 Å². The first-order valence-corrected chi connectivity index (χ1v) is 9.40. The number of amides is 1. The van der Waals surface area contributed by atoms with Crippen molar-refractivity contribution >= 4 is 17.7 Å². The molecule has 134 valence electrons. The molecular formula is C19H19N3O3S. The van der Waals surface area contributed by atoms with E-state index in [2.05, 4.69) is 10.3 Å². The molecule has 1 aromatic carbocycles. The number of furan rings is 1. The van der Waals surface area contributed by atoms with Crippen LogP contribution in [0.15, 0.2) is 58.4 Å². The molecule has 1 unspecified atom stereocenters. The lowest BCUT2D eigenvalue weighted by atomic mass is 10.0. The Kier molecular flexibility index (Phi) is 4.71. The number of nitrogens with one attached hydrogen (secondary N) is 1. The lowest BCUT2D eigenvalue weighted by molar-refractivity contribution is 0.0895. The molecule has 1 amide bonds. The van der Waals surface area contributed by atoms with Crippen LogP contribution in [-0.4, -0.2) is 22.1 Å². The minimum atomic E-state index is -0.208. The molecule has 0 bridgehead atoms. The van der Waals surface area contributed by atoms with Crippen LogP contribution in [0.1, 0.15) is 34.3 Å². The minimum absolute atomic E-state index is 0.0667. The van der Waals surface area contributed by atoms with E-state index in [-0.39, 0.29) is 11.9 Å². The number of benzene rings is 1. The summed E-state index contributed by atoms with van der Waals surface area (Å²) in [4.78, 5) is 16.8. The number of nitrogens with zero attached hydrogens (tertiary/aromatic N) is 2. The molecule has 0 fully saturated rings. The van der Waals surface area contributed by atoms with Crippen LogP contribution in [0.25, 0.3) is 0 Å². The fourth-order valence-corrected chi connectivity index (χ4v) is 3.75. The monoisotopic (exact) mass is 369 g/mol. The molecule has 26 heavy (non-hydrogen) atoms. The molecule has 0 saturated heterocycles. The summed E-state index contributed by atoms with van der Waals surface area (Å²) in [7, 11) is 1.95. The Morgan fingerprint density at radius 3 is 3.08 bits per heavy atom. The van der Waals surface area contributed by atoms with E-state index in [1.54, 1.807) is 24.0 Å². The van der Waals surface area contributed by atoms with Crippen LogP contribution in [0.3, 0.4) is 0 Å². The summed E-state index contributed by atoms with van der Waals surface area (Å²) >= 11 is 1.57. The molecule has 3 heterocycles. The largest absolute Gasteiger partial charge is 0.493 e. The Morgan fingerprint density at radius 1 is 1.35 bits per heavy atom. The van der Waals surface area contributed by atoms with E-state index in [0.717, 1.165) is 28.7 Å². The molecule has 0 radical (unpaired) electrons. The average Bonchev–Trinajstić information content (AvgIpc) is 3.29. The van der Waals surface area contributed by atoms with Crippen molar-refractivity contribution in [3.63, 3.8) is 0 Å². The maximum atomic E-state index is 12.6. The van der Waals surface area contributed by atoms with Gasteiger partial charge in [0.15, 0.2) is 10.9 Å². The highest BCUT2D eigenvalue weighted by molar-refractivity contribution is 7.98. The maximum absolute atomic E-state index is 12.6. The highest BCUT2D eigenvalue weighted by Gasteiger charge is 2.24. The van der Waals surface area contributed by atoms with Crippen LogP contribution < -0.4 is 10.1 Å². The molecule has 0 aliphatic carbocycles. The van der Waals surface area contributed by atoms with Gasteiger partial charge in [-0.2, -0.15) is 0 Å². The summed E-state index contributed by atoms with van der Waals surface area (Å²) in [5.41, 5.74) is 1.00. The second-order valence-electron chi connectivity index (χ2n) is 6.08. The van der Waals surface area contributed by atoms with Gasteiger partial charge in [-0.3, -0.25) is 4.79 Å². The van der Waals surface area contributed by atoms with Crippen molar-refractivity contribution in [1.82, 2.24) is 14.9 Å². The zero-order chi connectivity index (χ0) is 17.9. The van der Waals surface area contributed by atoms with Crippen molar-refractivity contribution in [3.05, 3.63) is 65.9 Å². The lowest BCUT2D eigenvalue weighted by Crippen LogP contribution is -2.31. The van der Waals surface area contributed by atoms with E-state index < -0.39 is 0 Å². The van der Waals surface area contributed by atoms with Gasteiger partial charge in [-0.25, -0.2) is 4.98 Å². The first-order valence-electron chi connectivity index (χ1n) is 8.42. The molecular weight excluding hydrogens is 350 g/mol. The standard InChI is InChI=1S/C19H19N3O3S/c1-22-10-9-20-19(22)26-12-13-6-7-17(25-13)18(23)21-15-8-11-24-16-5-3-2-4-14(15)16/h2-7,9-10,15H,8,11-12H2,1H3,(H,21,23). The third kappa shape index (κ3) is 3.48. The Bertz CT molecular complexity index is 918. The van der Waals surface area contributed by atoms with Crippen LogP contribution in [0.5, 0.6) is 5.75 Å². The van der Waals surface area contributed by atoms with E-state index in [4.69, 9.17) is 9.15 Å². The highest BCUT2D eigenvalue weighted by atomic mass is 32.2. The summed E-state index contributed by atoms with van der Waals surface area (Å²) in [5.74, 6) is 2.31. The van der Waals surface area contributed by atoms with E-state index in [1.165, 1.54) is 0 Å². The summed E-state index contributed by atoms with van der Waals surface area (Å²) in [6, 6.07) is 11.3. The molecule has 2 aromatic heterocycles. The predicted molar refractivity (Wildman–Crippen MR) is 98.2 cm³/mol. The third-order valence-corrected chi connectivity index (χ3v) is 5.35. The van der Waals surface area contributed by atoms with E-state index in [0.29, 0.717) is 18.1 Å². The number of thioether (sulfide) groups is 1. The third-order valence-electron chi connectivity index (χ3n) is 4.27. The van der Waals surface area contributed by atoms with Gasteiger partial charge in [0.05, 0.1) is 18.4 Å². The van der Waals surface area contributed by atoms with Gasteiger partial charge in [0, 0.05) is 31.4 Å². The molecule has 1 atom stereocenters. The van der Waals surface area contributed by atoms with Crippen LogP contribution >= 0.6 is 11.8 Å². The number of hydrogen-bond donors (Lipinski definition) is 1. The molecule has 1 N–H and O–H groups in total. The molecule has 6 nitrogen and oxygen atoms in total. The maximum Gasteiger partial charge on any atom is 0.287 e. The van der Waals surface area contributed by atoms with Crippen LogP contribution in [0.4, 0.5) is 0 Å². The van der Waals surface area contributed by atoms with Crippen molar-refractivity contribution in [1.29, 1.82) is 0 Å². The van der Waals surface area contributed by atoms with Gasteiger partial charge in [-0.05, 0) is 18.2 Å². The number of fused-ring (bicyclic) bond motifs is 1. The molecule has 1 aliphatic rings. The van der Waals surface area contributed by atoms with Gasteiger partial charge < -0.3 is 19.0 Å². The van der Waals surface area contributed by atoms with Gasteiger partial charge in [0.25, 0.3) is 5.91 Å². The fourth-order valence-electron chi connectivity index (χ4n) is 2.93. The normalized spacial score (nSPS) is 16.0. The summed E-state index contributed by atoms with van der Waals surface area (Å²) in [5, 5.41) is 3.96. The zero-order valence-corrected chi connectivity index (χ0v) is 15.2. The summed E-state index contributed by atoms with van der Waals surface area (Å²) < 4.78 is 13.3. The Balaban J connectivity index is 1.40. The van der Waals surface area contributed by atoms with E-state index >= 15 is 0 Å². The van der Waals surface area contributed by atoms with Crippen LogP contribution in [-0.2, 0) is 12.8 Å². The number of carbonyl (C=O) groups is 1. The van der Waals surface area contributed by atoms with Crippen molar-refractivity contribution in [2.24, 2.45) is 7.05 Å². The van der Waals surface area contributed by atoms with Crippen LogP contribution in [0.2, 0.25) is 0 Å². The zero-order valence-electron chi connectivity index (χ0n) is 14.3. The number of carbonyl (C=O) groups excluding carboxylic acids is 1. The van der Waals surface area contributed by atoms with Gasteiger partial charge in [0.2, 0.25) is 0 Å². The smallest absolute Gasteiger partial charge is 0.287 e. The van der Waals surface area contributed by atoms with Crippen LogP contribution in [0, 0.1) is 0 Å². The molecule has 0 saturated carbocycles. The van der Waals surface area contributed by atoms with Crippen molar-refractivity contribution in [2.75, 3.05) is 6.61 Å². The van der Waals surface area contributed by atoms with Crippen molar-refractivity contribution < 1.29 is 13.9 Å². The quantitative estimate of drug-likeness (QED) is 0.697. The number of aromatic nitrogens is 2. The molecule has 0 spiro atoms. The topological polar surface area (TPSA) is 69.3 Å². The van der Waals surface area contributed by atoms with Gasteiger partial charge in [0.1, 0.15) is 11.5 Å². The summed E-state index contributed by atoms with van der Waals surface area (Å²) in [6.07, 6.45) is 4.40. The Hall–Kier alpha value is -2.67. The first kappa shape index (κ1) is 16.8. The van der Waals surface area contributed by atoms with Gasteiger partial charge in [-0.15, -0.1) is 0 Å². The fraction of sp³-hybridized carbons (Fsp3) is 0.263. The van der Waals surface area contributed by atoms with Gasteiger partial charge in [-0.1, -0.05) is 30.0 Å². The Labute approximate surface area is 155 Å². The molecule has 4 rings (SSSR count). The second-order valence-corrected chi connectivity index (χ2v) is 7.02. The van der Waals surface area contributed by atoms with Crippen molar-refractivity contribution in [3.8, 4) is 5.75 Å². The number of ether oxygens (including phenoxy) is 1. The number of imidazole rings is 1.